The molecule has 2 N–H and O–H groups in total. The Morgan fingerprint density at radius 3 is 2.80 bits per heavy atom. The number of aliphatic hydroxyl groups is 1. The minimum absolute atomic E-state index is 0.0188. The predicted molar refractivity (Wildman–Crippen MR) is 93.3 cm³/mol. The van der Waals surface area contributed by atoms with Gasteiger partial charge in [-0.2, -0.15) is 0 Å². The monoisotopic (exact) mass is 346 g/mol. The second-order valence-electron chi connectivity index (χ2n) is 7.39. The van der Waals surface area contributed by atoms with Gasteiger partial charge in [-0.1, -0.05) is 6.07 Å². The molecule has 1 aromatic rings. The molecular weight excluding hydrogens is 320 g/mol. The summed E-state index contributed by atoms with van der Waals surface area (Å²) in [5.74, 6) is -0.0492. The lowest BCUT2D eigenvalue weighted by atomic mass is 9.73. The number of phenols is 1. The topological polar surface area (TPSA) is 81.1 Å². The second-order valence-corrected chi connectivity index (χ2v) is 7.39. The van der Waals surface area contributed by atoms with Crippen molar-refractivity contribution >= 4 is 11.8 Å². The largest absolute Gasteiger partial charge is 0.507 e. The molecule has 2 fully saturated rings. The number of carbonyl (C=O) groups is 2. The van der Waals surface area contributed by atoms with Crippen LogP contribution in [0, 0.1) is 12.3 Å². The molecule has 0 radical (unpaired) electrons. The van der Waals surface area contributed by atoms with Crippen LogP contribution >= 0.6 is 0 Å². The molecule has 6 heteroatoms. The van der Waals surface area contributed by atoms with Crippen LogP contribution < -0.4 is 0 Å². The van der Waals surface area contributed by atoms with E-state index in [1.54, 1.807) is 21.9 Å². The highest BCUT2D eigenvalue weighted by Crippen LogP contribution is 2.39. The summed E-state index contributed by atoms with van der Waals surface area (Å²) in [5, 5.41) is 19.3. The molecule has 136 valence electrons. The number of hydrogen-bond acceptors (Lipinski definition) is 4. The van der Waals surface area contributed by atoms with E-state index < -0.39 is 0 Å². The first-order valence-corrected chi connectivity index (χ1v) is 8.92. The molecule has 1 aromatic carbocycles. The minimum atomic E-state index is -0.151. The third-order valence-corrected chi connectivity index (χ3v) is 5.45. The maximum Gasteiger partial charge on any atom is 0.257 e. The maximum atomic E-state index is 12.9. The van der Waals surface area contributed by atoms with E-state index in [0.717, 1.165) is 24.8 Å². The normalized spacial score (nSPS) is 24.0. The number of hydrogen-bond donors (Lipinski definition) is 2. The number of phenolic OH excluding ortho intramolecular Hbond substituents is 1. The Kier molecular flexibility index (Phi) is 4.99. The van der Waals surface area contributed by atoms with Crippen molar-refractivity contribution in [1.29, 1.82) is 0 Å². The summed E-state index contributed by atoms with van der Waals surface area (Å²) >= 11 is 0. The molecule has 25 heavy (non-hydrogen) atoms. The summed E-state index contributed by atoms with van der Waals surface area (Å²) in [6, 6.07) is 5.11. The van der Waals surface area contributed by atoms with Crippen LogP contribution in [0.3, 0.4) is 0 Å². The fourth-order valence-corrected chi connectivity index (χ4v) is 4.13. The molecule has 0 saturated carbocycles. The highest BCUT2D eigenvalue weighted by molar-refractivity contribution is 5.97. The Hall–Kier alpha value is -2.08. The minimum Gasteiger partial charge on any atom is -0.507 e. The number of piperidine rings is 2. The predicted octanol–water partition coefficient (Wildman–Crippen LogP) is 1.54. The molecule has 2 aliphatic heterocycles. The van der Waals surface area contributed by atoms with Crippen LogP contribution in [0.2, 0.25) is 0 Å². The summed E-state index contributed by atoms with van der Waals surface area (Å²) in [4.78, 5) is 28.4. The summed E-state index contributed by atoms with van der Waals surface area (Å²) < 4.78 is 0. The Morgan fingerprint density at radius 1 is 1.28 bits per heavy atom. The Balaban J connectivity index is 1.76. The maximum absolute atomic E-state index is 12.9. The average molecular weight is 346 g/mol. The number of aromatic hydroxyl groups is 1. The number of likely N-dealkylation sites (tertiary alicyclic amines) is 2. The van der Waals surface area contributed by atoms with Gasteiger partial charge in [0, 0.05) is 38.0 Å². The molecular formula is C19H26N2O4. The lowest BCUT2D eigenvalue weighted by Crippen LogP contribution is -2.55. The third-order valence-electron chi connectivity index (χ3n) is 5.45. The van der Waals surface area contributed by atoms with Crippen LogP contribution in [-0.4, -0.2) is 64.6 Å². The van der Waals surface area contributed by atoms with Crippen LogP contribution in [0.25, 0.3) is 0 Å². The highest BCUT2D eigenvalue weighted by Gasteiger charge is 2.42. The summed E-state index contributed by atoms with van der Waals surface area (Å²) in [7, 11) is 0. The number of carbonyl (C=O) groups excluding carboxylic acids is 2. The van der Waals surface area contributed by atoms with Gasteiger partial charge in [0.05, 0.1) is 12.2 Å². The molecule has 2 heterocycles. The van der Waals surface area contributed by atoms with E-state index in [0.29, 0.717) is 38.2 Å². The van der Waals surface area contributed by atoms with Crippen molar-refractivity contribution in [3.63, 3.8) is 0 Å². The van der Waals surface area contributed by atoms with E-state index in [2.05, 4.69) is 0 Å². The van der Waals surface area contributed by atoms with Gasteiger partial charge in [0.25, 0.3) is 5.91 Å². The van der Waals surface area contributed by atoms with Crippen molar-refractivity contribution in [2.24, 2.45) is 5.41 Å². The molecule has 1 atom stereocenters. The smallest absolute Gasteiger partial charge is 0.257 e. The van der Waals surface area contributed by atoms with Crippen LogP contribution in [0.4, 0.5) is 0 Å². The molecule has 2 amide bonds. The van der Waals surface area contributed by atoms with Gasteiger partial charge in [-0.05, 0) is 43.9 Å². The van der Waals surface area contributed by atoms with Crippen molar-refractivity contribution in [3.05, 3.63) is 29.3 Å². The van der Waals surface area contributed by atoms with Crippen LogP contribution in [0.1, 0.15) is 41.6 Å². The van der Waals surface area contributed by atoms with Gasteiger partial charge < -0.3 is 20.0 Å². The molecule has 6 nitrogen and oxygen atoms in total. The first-order valence-electron chi connectivity index (χ1n) is 8.92. The lowest BCUT2D eigenvalue weighted by molar-refractivity contribution is -0.139. The van der Waals surface area contributed by atoms with Crippen molar-refractivity contribution in [2.75, 3.05) is 32.8 Å². The SMILES string of the molecule is Cc1ccc(C(=O)N2CCC[C@@]3(CCC(=O)N(CCO)C3)C2)c(O)c1. The molecule has 2 saturated heterocycles. The molecule has 0 unspecified atom stereocenters. The number of aliphatic hydroxyl groups excluding tert-OH is 1. The zero-order valence-corrected chi connectivity index (χ0v) is 14.7. The van der Waals surface area contributed by atoms with E-state index in [4.69, 9.17) is 0 Å². The van der Waals surface area contributed by atoms with Gasteiger partial charge >= 0.3 is 0 Å². The zero-order chi connectivity index (χ0) is 18.0. The summed E-state index contributed by atoms with van der Waals surface area (Å²) in [5.41, 5.74) is 1.15. The number of aryl methyl sites for hydroxylation is 1. The third kappa shape index (κ3) is 3.63. The molecule has 0 bridgehead atoms. The second kappa shape index (κ2) is 7.04. The zero-order valence-electron chi connectivity index (χ0n) is 14.7. The van der Waals surface area contributed by atoms with Gasteiger partial charge in [-0.15, -0.1) is 0 Å². The molecule has 3 rings (SSSR count). The van der Waals surface area contributed by atoms with Crippen LogP contribution in [0.15, 0.2) is 18.2 Å². The fourth-order valence-electron chi connectivity index (χ4n) is 4.13. The van der Waals surface area contributed by atoms with Crippen molar-refractivity contribution in [1.82, 2.24) is 9.80 Å². The van der Waals surface area contributed by atoms with E-state index in [9.17, 15) is 19.8 Å². The number of rotatable bonds is 3. The van der Waals surface area contributed by atoms with Gasteiger partial charge in [-0.25, -0.2) is 0 Å². The van der Waals surface area contributed by atoms with Crippen molar-refractivity contribution < 1.29 is 19.8 Å². The number of amides is 2. The van der Waals surface area contributed by atoms with E-state index in [1.807, 2.05) is 13.0 Å². The van der Waals surface area contributed by atoms with Gasteiger partial charge in [0.2, 0.25) is 5.91 Å². The van der Waals surface area contributed by atoms with E-state index in [1.165, 1.54) is 0 Å². The van der Waals surface area contributed by atoms with Crippen molar-refractivity contribution in [2.45, 2.75) is 32.6 Å². The standard InChI is InChI=1S/C19H26N2O4/c1-14-3-4-15(16(23)11-14)18(25)21-8-2-6-19(13-21)7-5-17(24)20(12-19)9-10-22/h3-4,11,22-23H,2,5-10,12-13H2,1H3/t19-/m0/s1. The number of benzene rings is 1. The molecule has 2 aliphatic rings. The van der Waals surface area contributed by atoms with Crippen LogP contribution in [0.5, 0.6) is 5.75 Å². The van der Waals surface area contributed by atoms with Crippen LogP contribution in [-0.2, 0) is 4.79 Å². The average Bonchev–Trinajstić information content (AvgIpc) is 2.58. The number of β-amino-alcohol motifs (C(OH)–C–C–N with tert-alkyl or cyclic N) is 1. The first kappa shape index (κ1) is 17.7. The fraction of sp³-hybridized carbons (Fsp3) is 0.579. The quantitative estimate of drug-likeness (QED) is 0.870. The molecule has 0 aromatic heterocycles. The summed E-state index contributed by atoms with van der Waals surface area (Å²) in [6.45, 7) is 4.04. The summed E-state index contributed by atoms with van der Waals surface area (Å²) in [6.07, 6.45) is 3.11. The first-order chi connectivity index (χ1) is 11.9. The Labute approximate surface area is 148 Å². The van der Waals surface area contributed by atoms with E-state index >= 15 is 0 Å². The van der Waals surface area contributed by atoms with Crippen molar-refractivity contribution in [3.8, 4) is 5.75 Å². The Morgan fingerprint density at radius 2 is 2.08 bits per heavy atom. The number of nitrogens with zero attached hydrogens (tertiary/aromatic N) is 2. The Bertz CT molecular complexity index is 675. The van der Waals surface area contributed by atoms with Gasteiger partial charge in [0.15, 0.2) is 0 Å². The van der Waals surface area contributed by atoms with Gasteiger partial charge in [-0.3, -0.25) is 9.59 Å². The molecule has 0 aliphatic carbocycles. The lowest BCUT2D eigenvalue weighted by Gasteiger charge is -2.48. The van der Waals surface area contributed by atoms with E-state index in [-0.39, 0.29) is 29.6 Å². The highest BCUT2D eigenvalue weighted by atomic mass is 16.3. The molecule has 1 spiro atoms. The van der Waals surface area contributed by atoms with Gasteiger partial charge in [0.1, 0.15) is 5.75 Å².